The molecule has 0 radical (unpaired) electrons. The molecule has 49 heavy (non-hydrogen) atoms. The fourth-order valence-electron chi connectivity index (χ4n) is 7.98. The second kappa shape index (κ2) is 11.4. The number of methoxy groups -OCH3 is 2. The Balaban J connectivity index is 1.41. The standard InChI is InChI=1S/C36H29Cl2FN2O8/c1-17(42)18-4-8-20(9-5-18)40-31(44)24-13-12-23-25(28(24)32(40)45)16-35(37)33(46)41(21-10-6-19(39)7-11-21)34(47)36(35,38)30(23)29-26(43)14-22(48-2)15-27(29)49-3/h4-12,14-15,24-25,28,30,43H,13,16H2,1-3H3. The first kappa shape index (κ1) is 32.8. The number of benzene rings is 3. The summed E-state index contributed by atoms with van der Waals surface area (Å²) < 4.78 is 24.9. The minimum atomic E-state index is -2.28. The van der Waals surface area contributed by atoms with Gasteiger partial charge in [0.1, 0.15) is 23.1 Å². The number of fused-ring (bicyclic) bond motifs is 4. The van der Waals surface area contributed by atoms with Gasteiger partial charge in [-0.15, -0.1) is 23.2 Å². The highest BCUT2D eigenvalue weighted by atomic mass is 35.5. The van der Waals surface area contributed by atoms with Crippen molar-refractivity contribution in [2.24, 2.45) is 17.8 Å². The maximum atomic E-state index is 14.6. The van der Waals surface area contributed by atoms with Crippen molar-refractivity contribution in [1.29, 1.82) is 0 Å². The van der Waals surface area contributed by atoms with Gasteiger partial charge in [-0.25, -0.2) is 9.29 Å². The van der Waals surface area contributed by atoms with E-state index in [-0.39, 0.29) is 52.8 Å². The van der Waals surface area contributed by atoms with Gasteiger partial charge in [-0.2, -0.15) is 0 Å². The maximum absolute atomic E-state index is 14.6. The van der Waals surface area contributed by atoms with Gasteiger partial charge in [-0.05, 0) is 74.2 Å². The molecule has 252 valence electrons. The number of amides is 4. The van der Waals surface area contributed by atoms with E-state index in [4.69, 9.17) is 32.7 Å². The second-order valence-corrected chi connectivity index (χ2v) is 13.9. The lowest BCUT2D eigenvalue weighted by Crippen LogP contribution is -2.60. The number of phenols is 1. The normalized spacial score (nSPS) is 29.0. The zero-order chi connectivity index (χ0) is 35.2. The maximum Gasteiger partial charge on any atom is 0.258 e. The summed E-state index contributed by atoms with van der Waals surface area (Å²) in [6.45, 7) is 1.41. The van der Waals surface area contributed by atoms with E-state index in [1.54, 1.807) is 6.08 Å². The molecule has 0 spiro atoms. The SMILES string of the molecule is COc1cc(O)c(C2C3=CCC4C(=O)N(c5ccc(C(C)=O)cc5)C(=O)C4C3CC3(Cl)C(=O)N(c4ccc(F)cc4)C(=O)C23Cl)c(OC)c1. The summed E-state index contributed by atoms with van der Waals surface area (Å²) in [5, 5.41) is 11.5. The van der Waals surface area contributed by atoms with Crippen LogP contribution in [0.1, 0.15) is 41.6 Å². The topological polar surface area (TPSA) is 131 Å². The number of carbonyl (C=O) groups excluding carboxylic acids is 5. The van der Waals surface area contributed by atoms with Crippen LogP contribution in [0.3, 0.4) is 0 Å². The first-order valence-corrected chi connectivity index (χ1v) is 16.2. The van der Waals surface area contributed by atoms with Crippen LogP contribution in [0.15, 0.2) is 72.3 Å². The molecule has 2 aliphatic heterocycles. The number of hydrogen-bond donors (Lipinski definition) is 1. The first-order chi connectivity index (χ1) is 23.3. The number of carbonyl (C=O) groups is 5. The molecule has 3 aromatic carbocycles. The molecule has 2 saturated heterocycles. The largest absolute Gasteiger partial charge is 0.507 e. The van der Waals surface area contributed by atoms with Gasteiger partial charge in [0.25, 0.3) is 11.8 Å². The summed E-state index contributed by atoms with van der Waals surface area (Å²) in [4.78, 5) is 66.5. The molecule has 2 heterocycles. The van der Waals surface area contributed by atoms with Gasteiger partial charge in [0.2, 0.25) is 11.8 Å². The molecule has 0 aromatic heterocycles. The van der Waals surface area contributed by atoms with Crippen molar-refractivity contribution < 1.29 is 42.9 Å². The summed E-state index contributed by atoms with van der Waals surface area (Å²) in [5.74, 6) is -7.71. The average molecular weight is 708 g/mol. The summed E-state index contributed by atoms with van der Waals surface area (Å²) in [6, 6.07) is 13.6. The fraction of sp³-hybridized carbons (Fsp3) is 0.306. The average Bonchev–Trinajstić information content (AvgIpc) is 3.42. The van der Waals surface area contributed by atoms with Crippen LogP contribution >= 0.6 is 23.2 Å². The Labute approximate surface area is 290 Å². The number of Topliss-reactive ketones (excluding diaryl/α,β-unsaturated/α-hetero) is 1. The van der Waals surface area contributed by atoms with Crippen LogP contribution in [0.25, 0.3) is 0 Å². The number of alkyl halides is 2. The summed E-state index contributed by atoms with van der Waals surface area (Å²) in [6.07, 6.45) is 1.51. The lowest BCUT2D eigenvalue weighted by atomic mass is 9.56. The molecule has 4 amide bonds. The number of nitrogens with zero attached hydrogens (tertiary/aromatic N) is 2. The Morgan fingerprint density at radius 1 is 0.878 bits per heavy atom. The van der Waals surface area contributed by atoms with Crippen molar-refractivity contribution in [1.82, 2.24) is 0 Å². The van der Waals surface area contributed by atoms with E-state index in [0.29, 0.717) is 11.1 Å². The molecule has 13 heteroatoms. The molecular weight excluding hydrogens is 678 g/mol. The van der Waals surface area contributed by atoms with Crippen molar-refractivity contribution >= 4 is 64.0 Å². The molecule has 7 rings (SSSR count). The van der Waals surface area contributed by atoms with Crippen LogP contribution in [-0.4, -0.2) is 58.5 Å². The molecule has 3 fully saturated rings. The van der Waals surface area contributed by atoms with Crippen molar-refractivity contribution in [3.05, 3.63) is 89.3 Å². The van der Waals surface area contributed by atoms with Crippen LogP contribution in [0.5, 0.6) is 17.2 Å². The quantitative estimate of drug-likeness (QED) is 0.154. The molecule has 6 unspecified atom stereocenters. The molecule has 3 aromatic rings. The van der Waals surface area contributed by atoms with Gasteiger partial charge < -0.3 is 14.6 Å². The van der Waals surface area contributed by atoms with Gasteiger partial charge in [0.05, 0.1) is 37.4 Å². The van der Waals surface area contributed by atoms with Gasteiger partial charge >= 0.3 is 0 Å². The Morgan fingerprint density at radius 3 is 2.12 bits per heavy atom. The smallest absolute Gasteiger partial charge is 0.258 e. The number of rotatable bonds is 6. The van der Waals surface area contributed by atoms with E-state index in [0.717, 1.165) is 21.9 Å². The van der Waals surface area contributed by atoms with Crippen LogP contribution < -0.4 is 19.3 Å². The van der Waals surface area contributed by atoms with Gasteiger partial charge in [-0.3, -0.25) is 28.9 Å². The lowest BCUT2D eigenvalue weighted by Gasteiger charge is -2.50. The number of anilines is 2. The van der Waals surface area contributed by atoms with E-state index in [2.05, 4.69) is 0 Å². The molecule has 2 aliphatic carbocycles. The minimum absolute atomic E-state index is 0.0256. The Bertz CT molecular complexity index is 2000. The van der Waals surface area contributed by atoms with Crippen LogP contribution in [0.4, 0.5) is 15.8 Å². The third-order valence-electron chi connectivity index (χ3n) is 10.3. The second-order valence-electron chi connectivity index (χ2n) is 12.6. The predicted molar refractivity (Wildman–Crippen MR) is 177 cm³/mol. The van der Waals surface area contributed by atoms with Gasteiger partial charge in [-0.1, -0.05) is 11.6 Å². The molecule has 1 N–H and O–H groups in total. The molecule has 10 nitrogen and oxygen atoms in total. The summed E-state index contributed by atoms with van der Waals surface area (Å²) in [7, 11) is 2.74. The van der Waals surface area contributed by atoms with Gasteiger partial charge in [0, 0.05) is 29.2 Å². The monoisotopic (exact) mass is 706 g/mol. The van der Waals surface area contributed by atoms with E-state index >= 15 is 0 Å². The number of phenolic OH excluding ortho intramolecular Hbond substituents is 1. The highest BCUT2D eigenvalue weighted by Crippen LogP contribution is 2.67. The third kappa shape index (κ3) is 4.48. The number of imide groups is 2. The highest BCUT2D eigenvalue weighted by molar-refractivity contribution is 6.58. The number of hydrogen-bond acceptors (Lipinski definition) is 8. The Hall–Kier alpha value is -4.74. The van der Waals surface area contributed by atoms with E-state index < -0.39 is 62.9 Å². The third-order valence-corrected chi connectivity index (χ3v) is 11.7. The minimum Gasteiger partial charge on any atom is -0.507 e. The van der Waals surface area contributed by atoms with Crippen molar-refractivity contribution in [2.45, 2.75) is 35.4 Å². The van der Waals surface area contributed by atoms with E-state index in [1.165, 1.54) is 69.7 Å². The zero-order valence-corrected chi connectivity index (χ0v) is 27.9. The zero-order valence-electron chi connectivity index (χ0n) is 26.4. The van der Waals surface area contributed by atoms with Crippen LogP contribution in [0.2, 0.25) is 0 Å². The lowest BCUT2D eigenvalue weighted by molar-refractivity contribution is -0.125. The predicted octanol–water partition coefficient (Wildman–Crippen LogP) is 5.52. The summed E-state index contributed by atoms with van der Waals surface area (Å²) >= 11 is 14.8. The molecule has 1 saturated carbocycles. The summed E-state index contributed by atoms with van der Waals surface area (Å²) in [5.41, 5.74) is 1.18. The Kier molecular flexibility index (Phi) is 7.64. The molecule has 0 bridgehead atoms. The number of allylic oxidation sites excluding steroid dienone is 2. The van der Waals surface area contributed by atoms with Crippen molar-refractivity contribution in [3.63, 3.8) is 0 Å². The number of ketones is 1. The highest BCUT2D eigenvalue weighted by Gasteiger charge is 2.77. The molecule has 4 aliphatic rings. The first-order valence-electron chi connectivity index (χ1n) is 15.4. The Morgan fingerprint density at radius 2 is 1.51 bits per heavy atom. The van der Waals surface area contributed by atoms with Crippen LogP contribution in [0, 0.1) is 23.6 Å². The molecular formula is C36H29Cl2FN2O8. The molecule has 6 atom stereocenters. The van der Waals surface area contributed by atoms with E-state index in [9.17, 15) is 33.5 Å². The van der Waals surface area contributed by atoms with E-state index in [1.807, 2.05) is 0 Å². The number of aromatic hydroxyl groups is 1. The van der Waals surface area contributed by atoms with Crippen LogP contribution in [-0.2, 0) is 19.2 Å². The van der Waals surface area contributed by atoms with Crippen molar-refractivity contribution in [2.75, 3.05) is 24.0 Å². The number of halogens is 3. The van der Waals surface area contributed by atoms with Gasteiger partial charge in [0.15, 0.2) is 15.5 Å². The van der Waals surface area contributed by atoms with Crippen molar-refractivity contribution in [3.8, 4) is 17.2 Å². The number of ether oxygens (including phenoxy) is 2. The fourth-order valence-corrected chi connectivity index (χ4v) is 8.90.